The minimum atomic E-state index is -4.79. The number of carbonyl (C=O) groups is 1. The summed E-state index contributed by atoms with van der Waals surface area (Å²) in [6.07, 6.45) is -4.79. The molecule has 4 nitrogen and oxygen atoms in total. The molecule has 0 spiro atoms. The van der Waals surface area contributed by atoms with Crippen molar-refractivity contribution in [3.8, 4) is 10.8 Å². The van der Waals surface area contributed by atoms with Gasteiger partial charge in [-0.1, -0.05) is 0 Å². The fourth-order valence-electron chi connectivity index (χ4n) is 1.38. The van der Waals surface area contributed by atoms with Crippen LogP contribution in [0.5, 0.6) is 0 Å². The molecular formula is C11H7BrF3NO3S. The molecule has 2 aromatic heterocycles. The highest BCUT2D eigenvalue weighted by atomic mass is 79.9. The molecule has 0 aliphatic carbocycles. The van der Waals surface area contributed by atoms with Crippen molar-refractivity contribution in [1.29, 1.82) is 0 Å². The van der Waals surface area contributed by atoms with Crippen LogP contribution in [0, 0.1) is 0 Å². The van der Waals surface area contributed by atoms with Crippen LogP contribution >= 0.6 is 27.3 Å². The molecule has 2 heterocycles. The zero-order valence-electron chi connectivity index (χ0n) is 9.95. The van der Waals surface area contributed by atoms with E-state index >= 15 is 0 Å². The number of ether oxygens (including phenoxy) is 1. The van der Waals surface area contributed by atoms with Crippen molar-refractivity contribution in [2.75, 3.05) is 6.61 Å². The van der Waals surface area contributed by atoms with Gasteiger partial charge >= 0.3 is 12.1 Å². The Hall–Kier alpha value is -1.35. The van der Waals surface area contributed by atoms with Crippen LogP contribution in [-0.4, -0.2) is 17.6 Å². The molecule has 2 rings (SSSR count). The number of aromatic nitrogens is 1. The predicted octanol–water partition coefficient (Wildman–Crippen LogP) is 4.36. The molecule has 0 fully saturated rings. The van der Waals surface area contributed by atoms with Gasteiger partial charge in [0.05, 0.1) is 15.3 Å². The zero-order valence-corrected chi connectivity index (χ0v) is 12.4. The van der Waals surface area contributed by atoms with Gasteiger partial charge in [0, 0.05) is 0 Å². The maximum Gasteiger partial charge on any atom is 0.437 e. The third kappa shape index (κ3) is 3.04. The molecule has 108 valence electrons. The molecule has 0 atom stereocenters. The van der Waals surface area contributed by atoms with Gasteiger partial charge in [-0.05, 0) is 35.0 Å². The van der Waals surface area contributed by atoms with Crippen LogP contribution in [0.25, 0.3) is 10.8 Å². The third-order valence-electron chi connectivity index (χ3n) is 2.14. The Balaban J connectivity index is 2.50. The number of carbonyl (C=O) groups excluding carboxylic acids is 1. The van der Waals surface area contributed by atoms with E-state index in [0.29, 0.717) is 8.66 Å². The Morgan fingerprint density at radius 2 is 2.20 bits per heavy atom. The quantitative estimate of drug-likeness (QED) is 0.754. The summed E-state index contributed by atoms with van der Waals surface area (Å²) in [5.74, 6) is -2.39. The molecule has 0 amide bonds. The number of nitrogens with zero attached hydrogens (tertiary/aromatic N) is 1. The highest BCUT2D eigenvalue weighted by Crippen LogP contribution is 2.37. The summed E-state index contributed by atoms with van der Waals surface area (Å²) >= 11 is 4.32. The van der Waals surface area contributed by atoms with E-state index < -0.39 is 23.6 Å². The van der Waals surface area contributed by atoms with Crippen molar-refractivity contribution in [3.63, 3.8) is 0 Å². The topological polar surface area (TPSA) is 52.3 Å². The first kappa shape index (κ1) is 15.0. The van der Waals surface area contributed by atoms with Crippen molar-refractivity contribution in [2.24, 2.45) is 0 Å². The minimum Gasteiger partial charge on any atom is -0.460 e. The number of halogens is 4. The molecular weight excluding hydrogens is 363 g/mol. The van der Waals surface area contributed by atoms with E-state index in [2.05, 4.69) is 25.7 Å². The number of thiophene rings is 1. The lowest BCUT2D eigenvalue weighted by atomic mass is 10.3. The van der Waals surface area contributed by atoms with E-state index in [4.69, 9.17) is 4.42 Å². The standard InChI is InChI=1S/C11H7BrF3NO3S/c1-2-18-10(17)7-8(11(13,14)15)16-9(19-7)5-3-4-6(12)20-5/h3-4H,2H2,1H3. The van der Waals surface area contributed by atoms with Crippen molar-refractivity contribution in [1.82, 2.24) is 4.98 Å². The second-order valence-electron chi connectivity index (χ2n) is 3.52. The molecule has 0 aromatic carbocycles. The maximum atomic E-state index is 12.8. The molecule has 0 N–H and O–H groups in total. The van der Waals surface area contributed by atoms with Crippen LogP contribution in [0.1, 0.15) is 23.2 Å². The van der Waals surface area contributed by atoms with Crippen molar-refractivity contribution < 1.29 is 27.1 Å². The first-order valence-electron chi connectivity index (χ1n) is 5.33. The largest absolute Gasteiger partial charge is 0.460 e. The zero-order chi connectivity index (χ0) is 14.9. The van der Waals surface area contributed by atoms with Crippen molar-refractivity contribution in [2.45, 2.75) is 13.1 Å². The van der Waals surface area contributed by atoms with Gasteiger partial charge in [0.2, 0.25) is 11.7 Å². The Morgan fingerprint density at radius 3 is 2.70 bits per heavy atom. The van der Waals surface area contributed by atoms with Crippen LogP contribution in [0.15, 0.2) is 20.3 Å². The van der Waals surface area contributed by atoms with Crippen LogP contribution in [0.2, 0.25) is 0 Å². The summed E-state index contributed by atoms with van der Waals surface area (Å²) in [4.78, 5) is 15.2. The van der Waals surface area contributed by atoms with E-state index in [1.807, 2.05) is 0 Å². The smallest absolute Gasteiger partial charge is 0.437 e. The lowest BCUT2D eigenvalue weighted by Crippen LogP contribution is -2.14. The number of esters is 1. The number of rotatable bonds is 3. The molecule has 20 heavy (non-hydrogen) atoms. The van der Waals surface area contributed by atoms with Crippen molar-refractivity contribution in [3.05, 3.63) is 27.4 Å². The SMILES string of the molecule is CCOC(=O)c1oc(-c2ccc(Br)s2)nc1C(F)(F)F. The van der Waals surface area contributed by atoms with Crippen LogP contribution in [0.4, 0.5) is 13.2 Å². The number of oxazole rings is 1. The highest BCUT2D eigenvalue weighted by molar-refractivity contribution is 9.11. The first-order valence-corrected chi connectivity index (χ1v) is 6.94. The van der Waals surface area contributed by atoms with E-state index in [0.717, 1.165) is 11.3 Å². The van der Waals surface area contributed by atoms with E-state index in [1.54, 1.807) is 6.07 Å². The minimum absolute atomic E-state index is 0.0588. The Labute approximate surface area is 123 Å². The number of hydrogen-bond donors (Lipinski definition) is 0. The second kappa shape index (κ2) is 5.57. The molecule has 2 aromatic rings. The van der Waals surface area contributed by atoms with E-state index in [9.17, 15) is 18.0 Å². The van der Waals surface area contributed by atoms with E-state index in [1.165, 1.54) is 13.0 Å². The van der Waals surface area contributed by atoms with Gasteiger partial charge < -0.3 is 9.15 Å². The van der Waals surface area contributed by atoms with Crippen LogP contribution in [-0.2, 0) is 10.9 Å². The Morgan fingerprint density at radius 1 is 1.50 bits per heavy atom. The van der Waals surface area contributed by atoms with Gasteiger partial charge in [0.1, 0.15) is 0 Å². The van der Waals surface area contributed by atoms with E-state index in [-0.39, 0.29) is 12.5 Å². The summed E-state index contributed by atoms with van der Waals surface area (Å²) in [6.45, 7) is 1.43. The summed E-state index contributed by atoms with van der Waals surface area (Å²) in [5, 5.41) is 0. The molecule has 0 aliphatic rings. The Bertz CT molecular complexity index is 635. The third-order valence-corrected chi connectivity index (χ3v) is 3.75. The van der Waals surface area contributed by atoms with Gasteiger partial charge in [-0.3, -0.25) is 0 Å². The average molecular weight is 370 g/mol. The van der Waals surface area contributed by atoms with Gasteiger partial charge in [-0.25, -0.2) is 9.78 Å². The molecule has 0 saturated heterocycles. The van der Waals surface area contributed by atoms with Crippen molar-refractivity contribution >= 4 is 33.2 Å². The monoisotopic (exact) mass is 369 g/mol. The molecule has 0 unspecified atom stereocenters. The average Bonchev–Trinajstić information content (AvgIpc) is 2.94. The van der Waals surface area contributed by atoms with Crippen LogP contribution < -0.4 is 0 Å². The lowest BCUT2D eigenvalue weighted by Gasteiger charge is -2.03. The fraction of sp³-hybridized carbons (Fsp3) is 0.273. The number of hydrogen-bond acceptors (Lipinski definition) is 5. The van der Waals surface area contributed by atoms with Gasteiger partial charge in [0.25, 0.3) is 0 Å². The fourth-order valence-corrected chi connectivity index (χ4v) is 2.69. The molecule has 0 aliphatic heterocycles. The summed E-state index contributed by atoms with van der Waals surface area (Å²) < 4.78 is 48.7. The predicted molar refractivity (Wildman–Crippen MR) is 68.5 cm³/mol. The lowest BCUT2D eigenvalue weighted by molar-refractivity contribution is -0.141. The molecule has 9 heteroatoms. The van der Waals surface area contributed by atoms with Gasteiger partial charge in [0.15, 0.2) is 5.69 Å². The first-order chi connectivity index (χ1) is 9.32. The second-order valence-corrected chi connectivity index (χ2v) is 5.98. The molecule has 0 bridgehead atoms. The number of alkyl halides is 3. The molecule has 0 radical (unpaired) electrons. The van der Waals surface area contributed by atoms with Gasteiger partial charge in [-0.15, -0.1) is 11.3 Å². The van der Waals surface area contributed by atoms with Crippen LogP contribution in [0.3, 0.4) is 0 Å². The normalized spacial score (nSPS) is 11.7. The summed E-state index contributed by atoms with van der Waals surface area (Å²) in [7, 11) is 0. The van der Waals surface area contributed by atoms with Gasteiger partial charge in [-0.2, -0.15) is 13.2 Å². The summed E-state index contributed by atoms with van der Waals surface area (Å²) in [5.41, 5.74) is -1.38. The Kier molecular flexibility index (Phi) is 4.19. The maximum absolute atomic E-state index is 12.8. The highest BCUT2D eigenvalue weighted by Gasteiger charge is 2.42. The summed E-state index contributed by atoms with van der Waals surface area (Å²) in [6, 6.07) is 3.18. The molecule has 0 saturated carbocycles.